The van der Waals surface area contributed by atoms with E-state index in [-0.39, 0.29) is 12.0 Å². The lowest BCUT2D eigenvalue weighted by Gasteiger charge is -2.34. The van der Waals surface area contributed by atoms with E-state index in [2.05, 4.69) is 10.3 Å². The van der Waals surface area contributed by atoms with Gasteiger partial charge in [0, 0.05) is 31.1 Å². The molecule has 0 aliphatic heterocycles. The van der Waals surface area contributed by atoms with E-state index >= 15 is 0 Å². The van der Waals surface area contributed by atoms with E-state index < -0.39 is 41.6 Å². The SMILES string of the molecule is C[N+](CCN)(CCN)CCC[C@H](N)C(=O)N[C@H](C(=O)Cc1cnc2ccccc2c1)[C@H](O)c1ccc(C(F)(F)F)cc1. The lowest BCUT2D eigenvalue weighted by molar-refractivity contribution is -0.907. The van der Waals surface area contributed by atoms with E-state index in [0.29, 0.717) is 42.5 Å². The summed E-state index contributed by atoms with van der Waals surface area (Å²) in [5.74, 6) is -1.20. The van der Waals surface area contributed by atoms with Gasteiger partial charge in [-0.15, -0.1) is 0 Å². The Morgan fingerprint density at radius 3 is 2.29 bits per heavy atom. The number of likely N-dealkylation sites (N-methyl/N-ethyl adjacent to an activating group) is 1. The van der Waals surface area contributed by atoms with Crippen LogP contribution in [0.5, 0.6) is 0 Å². The molecule has 228 valence electrons. The maximum atomic E-state index is 13.5. The molecule has 0 bridgehead atoms. The van der Waals surface area contributed by atoms with Gasteiger partial charge >= 0.3 is 6.18 Å². The number of aliphatic hydroxyl groups is 1. The molecule has 9 nitrogen and oxygen atoms in total. The smallest absolute Gasteiger partial charge is 0.386 e. The normalized spacial score (nSPS) is 14.4. The third-order valence-electron chi connectivity index (χ3n) is 7.45. The number of halogens is 3. The molecule has 0 saturated heterocycles. The fraction of sp³-hybridized carbons (Fsp3) is 0.433. The van der Waals surface area contributed by atoms with Gasteiger partial charge in [0.1, 0.15) is 12.1 Å². The van der Waals surface area contributed by atoms with Crippen LogP contribution in [0.15, 0.2) is 60.8 Å². The molecule has 3 aromatic rings. The molecule has 3 rings (SSSR count). The zero-order valence-electron chi connectivity index (χ0n) is 23.7. The molecule has 0 spiro atoms. The predicted molar refractivity (Wildman–Crippen MR) is 155 cm³/mol. The Hall–Kier alpha value is -3.42. The van der Waals surface area contributed by atoms with Gasteiger partial charge in [0.25, 0.3) is 0 Å². The first-order valence-corrected chi connectivity index (χ1v) is 13.9. The van der Waals surface area contributed by atoms with Crippen molar-refractivity contribution in [1.29, 1.82) is 0 Å². The van der Waals surface area contributed by atoms with Crippen LogP contribution in [-0.4, -0.2) is 78.1 Å². The van der Waals surface area contributed by atoms with Crippen molar-refractivity contribution in [2.45, 2.75) is 43.6 Å². The average molecular weight is 590 g/mol. The Balaban J connectivity index is 1.77. The first-order chi connectivity index (χ1) is 19.9. The van der Waals surface area contributed by atoms with Crippen LogP contribution in [0, 0.1) is 0 Å². The molecule has 0 radical (unpaired) electrons. The molecule has 12 heteroatoms. The van der Waals surface area contributed by atoms with Crippen LogP contribution in [0.1, 0.15) is 35.6 Å². The van der Waals surface area contributed by atoms with E-state index in [1.54, 1.807) is 6.07 Å². The van der Waals surface area contributed by atoms with Crippen LogP contribution in [0.4, 0.5) is 13.2 Å². The molecule has 3 atom stereocenters. The number of aromatic nitrogens is 1. The van der Waals surface area contributed by atoms with Crippen molar-refractivity contribution in [3.8, 4) is 0 Å². The number of hydrogen-bond acceptors (Lipinski definition) is 7. The van der Waals surface area contributed by atoms with Crippen molar-refractivity contribution in [3.63, 3.8) is 0 Å². The molecular formula is C30H40F3N6O3+. The predicted octanol–water partition coefficient (Wildman–Crippen LogP) is 2.06. The number of nitrogens with two attached hydrogens (primary N) is 3. The number of rotatable bonds is 15. The highest BCUT2D eigenvalue weighted by Gasteiger charge is 2.33. The van der Waals surface area contributed by atoms with E-state index in [9.17, 15) is 27.9 Å². The number of Topliss-reactive ketones (excluding diaryl/α,β-unsaturated/α-hetero) is 1. The summed E-state index contributed by atoms with van der Waals surface area (Å²) in [4.78, 5) is 30.9. The molecular weight excluding hydrogens is 549 g/mol. The molecule has 42 heavy (non-hydrogen) atoms. The number of quaternary nitrogens is 1. The first-order valence-electron chi connectivity index (χ1n) is 13.9. The summed E-state index contributed by atoms with van der Waals surface area (Å²) in [6.45, 7) is 3.11. The third-order valence-corrected chi connectivity index (χ3v) is 7.45. The van der Waals surface area contributed by atoms with E-state index in [0.717, 1.165) is 48.3 Å². The van der Waals surface area contributed by atoms with Crippen LogP contribution in [-0.2, 0) is 22.2 Å². The third kappa shape index (κ3) is 9.04. The minimum Gasteiger partial charge on any atom is -0.386 e. The highest BCUT2D eigenvalue weighted by molar-refractivity contribution is 5.93. The van der Waals surface area contributed by atoms with Crippen molar-refractivity contribution in [3.05, 3.63) is 77.5 Å². The summed E-state index contributed by atoms with van der Waals surface area (Å²) in [6, 6.07) is 10.5. The fourth-order valence-electron chi connectivity index (χ4n) is 4.96. The van der Waals surface area contributed by atoms with Gasteiger partial charge in [-0.3, -0.25) is 14.6 Å². The molecule has 8 N–H and O–H groups in total. The van der Waals surface area contributed by atoms with Crippen molar-refractivity contribution in [2.24, 2.45) is 17.2 Å². The van der Waals surface area contributed by atoms with Crippen molar-refractivity contribution < 1.29 is 32.3 Å². The summed E-state index contributed by atoms with van der Waals surface area (Å²) >= 11 is 0. The molecule has 2 aromatic carbocycles. The number of amides is 1. The molecule has 1 aromatic heterocycles. The van der Waals surface area contributed by atoms with Gasteiger partial charge in [0.05, 0.1) is 43.8 Å². The van der Waals surface area contributed by atoms with Gasteiger partial charge in [0.15, 0.2) is 5.78 Å². The first kappa shape index (κ1) is 33.1. The van der Waals surface area contributed by atoms with E-state index in [1.165, 1.54) is 6.20 Å². The van der Waals surface area contributed by atoms with Gasteiger partial charge in [-0.05, 0) is 48.2 Å². The highest BCUT2D eigenvalue weighted by Crippen LogP contribution is 2.30. The van der Waals surface area contributed by atoms with Gasteiger partial charge < -0.3 is 32.1 Å². The molecule has 0 aliphatic rings. The lowest BCUT2D eigenvalue weighted by Crippen LogP contribution is -2.52. The van der Waals surface area contributed by atoms with Crippen LogP contribution < -0.4 is 22.5 Å². The second-order valence-corrected chi connectivity index (χ2v) is 10.8. The minimum absolute atomic E-state index is 0.0449. The number of para-hydroxylation sites is 1. The summed E-state index contributed by atoms with van der Waals surface area (Å²) in [7, 11) is 2.03. The Morgan fingerprint density at radius 1 is 1.02 bits per heavy atom. The lowest BCUT2D eigenvalue weighted by atomic mass is 9.94. The average Bonchev–Trinajstić information content (AvgIpc) is 2.95. The van der Waals surface area contributed by atoms with Gasteiger partial charge in [0.2, 0.25) is 5.91 Å². The van der Waals surface area contributed by atoms with Crippen molar-refractivity contribution in [1.82, 2.24) is 10.3 Å². The second kappa shape index (κ2) is 14.7. The Morgan fingerprint density at radius 2 is 1.67 bits per heavy atom. The topological polar surface area (TPSA) is 157 Å². The Labute approximate surface area is 243 Å². The fourth-order valence-corrected chi connectivity index (χ4v) is 4.96. The number of alkyl halides is 3. The van der Waals surface area contributed by atoms with Crippen LogP contribution in [0.3, 0.4) is 0 Å². The molecule has 1 heterocycles. The number of carbonyl (C=O) groups excluding carboxylic acids is 2. The summed E-state index contributed by atoms with van der Waals surface area (Å²) in [6.07, 6.45) is -3.92. The van der Waals surface area contributed by atoms with Crippen molar-refractivity contribution >= 4 is 22.6 Å². The number of benzene rings is 2. The van der Waals surface area contributed by atoms with E-state index in [4.69, 9.17) is 17.2 Å². The standard InChI is InChI=1S/C30H39F3N6O3/c1-39(15-12-34,16-13-35)14-4-6-24(36)29(42)38-27(28(41)21-8-10-23(11-9-21)30(31,32)33)26(40)18-20-17-22-5-2-3-7-25(22)37-19-20/h2-3,5,7-11,17,19,24,27-28,41H,4,6,12-16,18,34-36H2,1H3/p+1/t24-,27+,28+/m0/s1. The summed E-state index contributed by atoms with van der Waals surface area (Å²) in [5.41, 5.74) is 18.1. The number of carbonyl (C=O) groups is 2. The maximum absolute atomic E-state index is 13.5. The summed E-state index contributed by atoms with van der Waals surface area (Å²) in [5, 5.41) is 14.5. The zero-order valence-corrected chi connectivity index (χ0v) is 23.7. The minimum atomic E-state index is -4.56. The molecule has 0 aliphatic carbocycles. The number of aliphatic hydroxyl groups excluding tert-OH is 1. The van der Waals surface area contributed by atoms with Crippen LogP contribution >= 0.6 is 0 Å². The van der Waals surface area contributed by atoms with E-state index in [1.807, 2.05) is 31.3 Å². The van der Waals surface area contributed by atoms with Crippen LogP contribution in [0.25, 0.3) is 10.9 Å². The number of nitrogens with zero attached hydrogens (tertiary/aromatic N) is 2. The second-order valence-electron chi connectivity index (χ2n) is 10.8. The number of hydrogen-bond donors (Lipinski definition) is 5. The monoisotopic (exact) mass is 589 g/mol. The molecule has 1 amide bonds. The Kier molecular flexibility index (Phi) is 11.5. The molecule has 0 unspecified atom stereocenters. The number of nitrogens with one attached hydrogen (secondary N) is 1. The van der Waals surface area contributed by atoms with Crippen LogP contribution in [0.2, 0.25) is 0 Å². The number of pyridine rings is 1. The Bertz CT molecular complexity index is 1330. The number of ketones is 1. The van der Waals surface area contributed by atoms with Crippen molar-refractivity contribution in [2.75, 3.05) is 39.8 Å². The highest BCUT2D eigenvalue weighted by atomic mass is 19.4. The largest absolute Gasteiger partial charge is 0.416 e. The number of fused-ring (bicyclic) bond motifs is 1. The van der Waals surface area contributed by atoms with Gasteiger partial charge in [-0.1, -0.05) is 30.3 Å². The maximum Gasteiger partial charge on any atom is 0.416 e. The molecule has 0 fully saturated rings. The zero-order chi connectivity index (χ0) is 30.9. The van der Waals surface area contributed by atoms with Gasteiger partial charge in [-0.2, -0.15) is 13.2 Å². The molecule has 0 saturated carbocycles. The quantitative estimate of drug-likeness (QED) is 0.170. The summed E-state index contributed by atoms with van der Waals surface area (Å²) < 4.78 is 39.9. The van der Waals surface area contributed by atoms with Gasteiger partial charge in [-0.25, -0.2) is 0 Å².